The van der Waals surface area contributed by atoms with Crippen LogP contribution < -0.4 is 0 Å². The zero-order valence-electron chi connectivity index (χ0n) is 16.9. The van der Waals surface area contributed by atoms with Gasteiger partial charge in [-0.05, 0) is 58.4 Å². The number of hydrogen-bond donors (Lipinski definition) is 0. The number of carbonyl (C=O) groups excluding carboxylic acids is 1. The Hall–Kier alpha value is -2.19. The second-order valence-corrected chi connectivity index (χ2v) is 7.94. The zero-order chi connectivity index (χ0) is 20.5. The molecule has 0 N–H and O–H groups in total. The smallest absolute Gasteiger partial charge is 0.466 e. The van der Waals surface area contributed by atoms with Crippen molar-refractivity contribution in [2.24, 2.45) is 0 Å². The maximum absolute atomic E-state index is 13.5. The first-order valence-corrected chi connectivity index (χ1v) is 9.45. The molecule has 28 heavy (non-hydrogen) atoms. The molecule has 0 radical (unpaired) electrons. The molecule has 3 rings (SSSR count). The molecule has 1 aromatic heterocycles. The van der Waals surface area contributed by atoms with Crippen LogP contribution in [0.15, 0.2) is 36.7 Å². The fraction of sp³-hybridized carbons (Fsp3) is 0.500. The lowest BCUT2D eigenvalue weighted by Gasteiger charge is -2.32. The van der Waals surface area contributed by atoms with E-state index in [1.54, 1.807) is 36.1 Å². The normalized spacial score (nSPS) is 18.9. The summed E-state index contributed by atoms with van der Waals surface area (Å²) in [4.78, 5) is 12.2. The van der Waals surface area contributed by atoms with E-state index in [9.17, 15) is 9.18 Å². The second kappa shape index (κ2) is 7.68. The molecule has 1 aliphatic rings. The van der Waals surface area contributed by atoms with E-state index in [1.807, 2.05) is 27.7 Å². The van der Waals surface area contributed by atoms with E-state index in [1.165, 1.54) is 12.1 Å². The zero-order valence-corrected chi connectivity index (χ0v) is 16.9. The largest absolute Gasteiger partial charge is 0.466 e. The molecule has 1 aliphatic heterocycles. The van der Waals surface area contributed by atoms with Crippen molar-refractivity contribution in [1.29, 1.82) is 0 Å². The van der Waals surface area contributed by atoms with Crippen molar-refractivity contribution in [1.82, 2.24) is 9.78 Å². The summed E-state index contributed by atoms with van der Waals surface area (Å²) >= 11 is 0. The Morgan fingerprint density at radius 2 is 1.96 bits per heavy atom. The van der Waals surface area contributed by atoms with Crippen LogP contribution in [0.2, 0.25) is 0 Å². The van der Waals surface area contributed by atoms with Gasteiger partial charge >= 0.3 is 13.1 Å². The summed E-state index contributed by atoms with van der Waals surface area (Å²) in [6, 6.07) is 6.15. The van der Waals surface area contributed by atoms with Gasteiger partial charge in [-0.25, -0.2) is 9.07 Å². The lowest BCUT2D eigenvalue weighted by atomic mass is 9.67. The molecule has 2 heterocycles. The molecular weight excluding hydrogens is 362 g/mol. The minimum Gasteiger partial charge on any atom is -0.466 e. The third kappa shape index (κ3) is 4.13. The summed E-state index contributed by atoms with van der Waals surface area (Å²) in [7, 11) is -0.625. The summed E-state index contributed by atoms with van der Waals surface area (Å²) in [5.41, 5.74) is 0.303. The summed E-state index contributed by atoms with van der Waals surface area (Å²) in [6.45, 7) is 9.92. The molecular formula is C20H26BFN2O4. The SMILES string of the molecule is CCOC(=O)CC(B1OC(C)(C)C(C)(C)O1)c1cnn(-c2cccc(F)c2)c1. The molecule has 1 unspecified atom stereocenters. The van der Waals surface area contributed by atoms with Gasteiger partial charge in [0, 0.05) is 12.0 Å². The summed E-state index contributed by atoms with van der Waals surface area (Å²) in [6.07, 6.45) is 3.52. The number of nitrogens with zero attached hydrogens (tertiary/aromatic N) is 2. The van der Waals surface area contributed by atoms with E-state index in [0.717, 1.165) is 5.56 Å². The van der Waals surface area contributed by atoms with Gasteiger partial charge < -0.3 is 14.0 Å². The van der Waals surface area contributed by atoms with Crippen LogP contribution in [0.3, 0.4) is 0 Å². The molecule has 0 bridgehead atoms. The number of aromatic nitrogens is 2. The van der Waals surface area contributed by atoms with Gasteiger partial charge in [-0.1, -0.05) is 6.07 Å². The van der Waals surface area contributed by atoms with Crippen LogP contribution in [-0.4, -0.2) is 40.7 Å². The van der Waals surface area contributed by atoms with E-state index in [-0.39, 0.29) is 18.2 Å². The van der Waals surface area contributed by atoms with Gasteiger partial charge in [0.1, 0.15) is 5.82 Å². The van der Waals surface area contributed by atoms with Gasteiger partial charge in [-0.2, -0.15) is 5.10 Å². The van der Waals surface area contributed by atoms with Crippen LogP contribution in [0, 0.1) is 5.82 Å². The molecule has 1 saturated heterocycles. The molecule has 0 aliphatic carbocycles. The van der Waals surface area contributed by atoms with E-state index in [0.29, 0.717) is 12.3 Å². The number of esters is 1. The molecule has 2 aromatic rings. The Kier molecular flexibility index (Phi) is 5.63. The lowest BCUT2D eigenvalue weighted by molar-refractivity contribution is -0.143. The Balaban J connectivity index is 1.91. The highest BCUT2D eigenvalue weighted by Crippen LogP contribution is 2.41. The quantitative estimate of drug-likeness (QED) is 0.558. The van der Waals surface area contributed by atoms with Crippen molar-refractivity contribution < 1.29 is 23.2 Å². The first kappa shape index (κ1) is 20.5. The van der Waals surface area contributed by atoms with Gasteiger partial charge in [0.2, 0.25) is 0 Å². The van der Waals surface area contributed by atoms with E-state index in [2.05, 4.69) is 5.10 Å². The minimum atomic E-state index is -0.625. The van der Waals surface area contributed by atoms with Gasteiger partial charge in [0.15, 0.2) is 0 Å². The molecule has 1 atom stereocenters. The summed E-state index contributed by atoms with van der Waals surface area (Å²) in [5.74, 6) is -1.08. The lowest BCUT2D eigenvalue weighted by Crippen LogP contribution is -2.41. The standard InChI is InChI=1S/C20H26BFN2O4/c1-6-26-18(25)11-17(21-27-19(2,3)20(4,5)28-21)14-12-23-24(13-14)16-9-7-8-15(22)10-16/h7-10,12-13,17H,6,11H2,1-5H3. The maximum Gasteiger partial charge on any atom is 0.466 e. The maximum atomic E-state index is 13.5. The molecule has 1 fully saturated rings. The van der Waals surface area contributed by atoms with Gasteiger partial charge in [-0.15, -0.1) is 0 Å². The Morgan fingerprint density at radius 3 is 2.57 bits per heavy atom. The highest BCUT2D eigenvalue weighted by molar-refractivity contribution is 6.48. The van der Waals surface area contributed by atoms with Crippen LogP contribution >= 0.6 is 0 Å². The summed E-state index contributed by atoms with van der Waals surface area (Å²) in [5, 5.41) is 4.33. The van der Waals surface area contributed by atoms with Crippen molar-refractivity contribution in [3.8, 4) is 5.69 Å². The van der Waals surface area contributed by atoms with Crippen LogP contribution in [0.4, 0.5) is 4.39 Å². The Morgan fingerprint density at radius 1 is 1.29 bits per heavy atom. The van der Waals surface area contributed by atoms with Crippen molar-refractivity contribution in [2.75, 3.05) is 6.61 Å². The average Bonchev–Trinajstić information content (AvgIpc) is 3.16. The summed E-state index contributed by atoms with van der Waals surface area (Å²) < 4.78 is 32.6. The number of rotatable bonds is 6. The molecule has 150 valence electrons. The van der Waals surface area contributed by atoms with Crippen molar-refractivity contribution in [3.63, 3.8) is 0 Å². The first-order chi connectivity index (χ1) is 13.1. The van der Waals surface area contributed by atoms with Crippen LogP contribution in [0.1, 0.15) is 52.4 Å². The number of carbonyl (C=O) groups is 1. The fourth-order valence-corrected chi connectivity index (χ4v) is 3.11. The van der Waals surface area contributed by atoms with Crippen molar-refractivity contribution in [2.45, 2.75) is 58.1 Å². The van der Waals surface area contributed by atoms with Gasteiger partial charge in [-0.3, -0.25) is 4.79 Å². The Labute approximate surface area is 165 Å². The van der Waals surface area contributed by atoms with Crippen molar-refractivity contribution >= 4 is 13.1 Å². The predicted octanol–water partition coefficient (Wildman–Crippen LogP) is 3.68. The van der Waals surface area contributed by atoms with Gasteiger partial charge in [0.25, 0.3) is 0 Å². The second-order valence-electron chi connectivity index (χ2n) is 7.94. The third-order valence-electron chi connectivity index (χ3n) is 5.40. The van der Waals surface area contributed by atoms with Gasteiger partial charge in [0.05, 0.1) is 36.1 Å². The highest BCUT2D eigenvalue weighted by atomic mass is 19.1. The fourth-order valence-electron chi connectivity index (χ4n) is 3.11. The van der Waals surface area contributed by atoms with E-state index in [4.69, 9.17) is 14.0 Å². The monoisotopic (exact) mass is 388 g/mol. The highest BCUT2D eigenvalue weighted by Gasteiger charge is 2.54. The molecule has 0 amide bonds. The minimum absolute atomic E-state index is 0.0967. The van der Waals surface area contributed by atoms with Crippen LogP contribution in [0.5, 0.6) is 0 Å². The van der Waals surface area contributed by atoms with Crippen molar-refractivity contribution in [3.05, 3.63) is 48.0 Å². The number of benzene rings is 1. The molecule has 8 heteroatoms. The third-order valence-corrected chi connectivity index (χ3v) is 5.40. The molecule has 1 aromatic carbocycles. The first-order valence-electron chi connectivity index (χ1n) is 9.45. The molecule has 6 nitrogen and oxygen atoms in total. The predicted molar refractivity (Wildman–Crippen MR) is 104 cm³/mol. The number of hydrogen-bond acceptors (Lipinski definition) is 5. The van der Waals surface area contributed by atoms with Crippen LogP contribution in [-0.2, 0) is 18.8 Å². The molecule has 0 spiro atoms. The average molecular weight is 388 g/mol. The molecule has 0 saturated carbocycles. The topological polar surface area (TPSA) is 62.6 Å². The van der Waals surface area contributed by atoms with E-state index < -0.39 is 24.1 Å². The Bertz CT molecular complexity index is 836. The number of ether oxygens (including phenoxy) is 1. The van der Waals surface area contributed by atoms with Crippen LogP contribution in [0.25, 0.3) is 5.69 Å². The number of halogens is 1. The van der Waals surface area contributed by atoms with E-state index >= 15 is 0 Å².